The lowest BCUT2D eigenvalue weighted by molar-refractivity contribution is -0.156. The van der Waals surface area contributed by atoms with Crippen LogP contribution in [0.5, 0.6) is 0 Å². The third-order valence-corrected chi connectivity index (χ3v) is 3.44. The number of esters is 1. The molecular weight excluding hydrogens is 272 g/mol. The van der Waals surface area contributed by atoms with Crippen molar-refractivity contribution in [3.8, 4) is 0 Å². The molecule has 0 atom stereocenters. The van der Waals surface area contributed by atoms with Gasteiger partial charge in [0.15, 0.2) is 0 Å². The van der Waals surface area contributed by atoms with Crippen LogP contribution in [0.25, 0.3) is 0 Å². The van der Waals surface area contributed by atoms with Crippen molar-refractivity contribution in [2.75, 3.05) is 7.11 Å². The van der Waals surface area contributed by atoms with Crippen LogP contribution in [0.2, 0.25) is 0 Å². The molecule has 0 amide bonds. The molecule has 0 bridgehead atoms. The molecule has 1 saturated carbocycles. The molecule has 0 heterocycles. The number of hydrogen-bond acceptors (Lipinski definition) is 3. The number of Topliss-reactive ketones (excluding diaryl/α,β-unsaturated/α-hetero) is 1. The Bertz CT molecular complexity index is 445. The van der Waals surface area contributed by atoms with Crippen LogP contribution in [0, 0.1) is 0 Å². The molecule has 0 unspecified atom stereocenters. The number of hydrogen-bond donors (Lipinski definition) is 0. The third-order valence-electron chi connectivity index (χ3n) is 2.95. The maximum Gasteiger partial charge on any atom is 0.317 e. The van der Waals surface area contributed by atoms with Gasteiger partial charge in [-0.05, 0) is 17.7 Å². The van der Waals surface area contributed by atoms with E-state index in [1.54, 1.807) is 0 Å². The molecule has 0 spiro atoms. The average molecular weight is 283 g/mol. The van der Waals surface area contributed by atoms with Gasteiger partial charge in [0.1, 0.15) is 11.2 Å². The molecular formula is C12H11BrO3. The van der Waals surface area contributed by atoms with E-state index in [0.29, 0.717) is 0 Å². The topological polar surface area (TPSA) is 43.4 Å². The fourth-order valence-corrected chi connectivity index (χ4v) is 2.47. The van der Waals surface area contributed by atoms with Crippen LogP contribution < -0.4 is 0 Å². The van der Waals surface area contributed by atoms with E-state index >= 15 is 0 Å². The predicted octanol–water partition coefficient (Wildman–Crippen LogP) is 2.22. The Hall–Kier alpha value is -1.16. The molecule has 0 aromatic heterocycles. The summed E-state index contributed by atoms with van der Waals surface area (Å²) in [6.45, 7) is 0. The number of carbonyl (C=O) groups is 2. The smallest absolute Gasteiger partial charge is 0.317 e. The summed E-state index contributed by atoms with van der Waals surface area (Å²) in [5.74, 6) is -0.226. The van der Waals surface area contributed by atoms with Gasteiger partial charge in [0, 0.05) is 17.3 Å². The highest BCUT2D eigenvalue weighted by atomic mass is 79.9. The fraction of sp³-hybridized carbons (Fsp3) is 0.333. The molecule has 0 radical (unpaired) electrons. The van der Waals surface area contributed by atoms with Crippen molar-refractivity contribution >= 4 is 27.7 Å². The van der Waals surface area contributed by atoms with Gasteiger partial charge in [0.2, 0.25) is 0 Å². The molecule has 84 valence electrons. The zero-order valence-electron chi connectivity index (χ0n) is 8.83. The van der Waals surface area contributed by atoms with Gasteiger partial charge in [0.05, 0.1) is 7.11 Å². The van der Waals surface area contributed by atoms with Crippen LogP contribution in [0.4, 0.5) is 0 Å². The minimum absolute atomic E-state index is 0.102. The molecule has 0 N–H and O–H groups in total. The first kappa shape index (κ1) is 11.3. The standard InChI is InChI=1S/C12H11BrO3/c1-16-11(15)12(6-10(14)7-12)8-3-2-4-9(13)5-8/h2-5H,6-7H2,1H3. The monoisotopic (exact) mass is 282 g/mol. The lowest BCUT2D eigenvalue weighted by Crippen LogP contribution is -2.48. The van der Waals surface area contributed by atoms with E-state index < -0.39 is 5.41 Å². The van der Waals surface area contributed by atoms with Crippen molar-refractivity contribution in [1.29, 1.82) is 0 Å². The Kier molecular flexibility index (Phi) is 2.84. The van der Waals surface area contributed by atoms with E-state index in [-0.39, 0.29) is 24.6 Å². The van der Waals surface area contributed by atoms with Gasteiger partial charge >= 0.3 is 5.97 Å². The van der Waals surface area contributed by atoms with Gasteiger partial charge in [0.25, 0.3) is 0 Å². The van der Waals surface area contributed by atoms with Crippen molar-refractivity contribution in [3.63, 3.8) is 0 Å². The van der Waals surface area contributed by atoms with Gasteiger partial charge in [-0.2, -0.15) is 0 Å². The molecule has 1 fully saturated rings. The molecule has 4 heteroatoms. The van der Waals surface area contributed by atoms with Gasteiger partial charge < -0.3 is 4.74 Å². The van der Waals surface area contributed by atoms with Crippen molar-refractivity contribution in [3.05, 3.63) is 34.3 Å². The number of rotatable bonds is 2. The van der Waals surface area contributed by atoms with E-state index in [4.69, 9.17) is 4.74 Å². The SMILES string of the molecule is COC(=O)C1(c2cccc(Br)c2)CC(=O)C1. The Labute approximate surface area is 102 Å². The second-order valence-corrected chi connectivity index (χ2v) is 4.89. The molecule has 0 saturated heterocycles. The normalized spacial score (nSPS) is 17.8. The summed E-state index contributed by atoms with van der Waals surface area (Å²) in [4.78, 5) is 23.0. The maximum atomic E-state index is 11.8. The van der Waals surface area contributed by atoms with Crippen LogP contribution in [0.3, 0.4) is 0 Å². The summed E-state index contributed by atoms with van der Waals surface area (Å²) < 4.78 is 5.69. The summed E-state index contributed by atoms with van der Waals surface area (Å²) in [5.41, 5.74) is 0.0867. The minimum atomic E-state index is -0.754. The quantitative estimate of drug-likeness (QED) is 0.782. The Morgan fingerprint density at radius 1 is 1.44 bits per heavy atom. The van der Waals surface area contributed by atoms with Crippen LogP contribution in [0.1, 0.15) is 18.4 Å². The number of ketones is 1. The highest BCUT2D eigenvalue weighted by Crippen LogP contribution is 2.42. The molecule has 0 aliphatic heterocycles. The maximum absolute atomic E-state index is 11.8. The van der Waals surface area contributed by atoms with Crippen molar-refractivity contribution in [1.82, 2.24) is 0 Å². The van der Waals surface area contributed by atoms with Crippen LogP contribution in [-0.2, 0) is 19.7 Å². The Morgan fingerprint density at radius 2 is 2.12 bits per heavy atom. The fourth-order valence-electron chi connectivity index (χ4n) is 2.07. The molecule has 1 aromatic rings. The highest BCUT2D eigenvalue weighted by molar-refractivity contribution is 9.10. The molecule has 1 aromatic carbocycles. The van der Waals surface area contributed by atoms with Gasteiger partial charge in [-0.3, -0.25) is 9.59 Å². The second kappa shape index (κ2) is 4.01. The van der Waals surface area contributed by atoms with E-state index in [2.05, 4.69) is 15.9 Å². The molecule has 16 heavy (non-hydrogen) atoms. The van der Waals surface area contributed by atoms with Gasteiger partial charge in [-0.25, -0.2) is 0 Å². The van der Waals surface area contributed by atoms with E-state index in [1.165, 1.54) is 7.11 Å². The molecule has 1 aliphatic carbocycles. The minimum Gasteiger partial charge on any atom is -0.468 e. The van der Waals surface area contributed by atoms with Crippen LogP contribution in [0.15, 0.2) is 28.7 Å². The number of carbonyl (C=O) groups excluding carboxylic acids is 2. The number of benzene rings is 1. The lowest BCUT2D eigenvalue weighted by atomic mass is 9.63. The molecule has 3 nitrogen and oxygen atoms in total. The first-order valence-electron chi connectivity index (χ1n) is 4.95. The Balaban J connectivity index is 2.41. The summed E-state index contributed by atoms with van der Waals surface area (Å²) >= 11 is 3.36. The van der Waals surface area contributed by atoms with E-state index in [0.717, 1.165) is 10.0 Å². The zero-order valence-corrected chi connectivity index (χ0v) is 10.4. The summed E-state index contributed by atoms with van der Waals surface area (Å²) in [6, 6.07) is 7.46. The number of methoxy groups -OCH3 is 1. The first-order valence-corrected chi connectivity index (χ1v) is 5.74. The molecule has 1 aliphatic rings. The van der Waals surface area contributed by atoms with Crippen LogP contribution >= 0.6 is 15.9 Å². The predicted molar refractivity (Wildman–Crippen MR) is 62.1 cm³/mol. The zero-order chi connectivity index (χ0) is 11.8. The van der Waals surface area contributed by atoms with Crippen molar-refractivity contribution < 1.29 is 14.3 Å². The lowest BCUT2D eigenvalue weighted by Gasteiger charge is -2.37. The number of ether oxygens (including phenoxy) is 1. The van der Waals surface area contributed by atoms with Crippen molar-refractivity contribution in [2.45, 2.75) is 18.3 Å². The highest BCUT2D eigenvalue weighted by Gasteiger charge is 2.52. The summed E-state index contributed by atoms with van der Waals surface area (Å²) in [6.07, 6.45) is 0.492. The molecule has 2 rings (SSSR count). The van der Waals surface area contributed by atoms with E-state index in [9.17, 15) is 9.59 Å². The summed E-state index contributed by atoms with van der Waals surface area (Å²) in [7, 11) is 1.35. The van der Waals surface area contributed by atoms with E-state index in [1.807, 2.05) is 24.3 Å². The van der Waals surface area contributed by atoms with Crippen LogP contribution in [-0.4, -0.2) is 18.9 Å². The summed E-state index contributed by atoms with van der Waals surface area (Å²) in [5, 5.41) is 0. The van der Waals surface area contributed by atoms with Crippen molar-refractivity contribution in [2.24, 2.45) is 0 Å². The van der Waals surface area contributed by atoms with Gasteiger partial charge in [-0.1, -0.05) is 28.1 Å². The van der Waals surface area contributed by atoms with Gasteiger partial charge in [-0.15, -0.1) is 0 Å². The second-order valence-electron chi connectivity index (χ2n) is 3.98. The third kappa shape index (κ3) is 1.67. The largest absolute Gasteiger partial charge is 0.468 e. The Morgan fingerprint density at radius 3 is 2.62 bits per heavy atom. The number of halogens is 1. The average Bonchev–Trinajstić information content (AvgIpc) is 2.23. The first-order chi connectivity index (χ1) is 7.58.